The van der Waals surface area contributed by atoms with Crippen molar-refractivity contribution >= 4 is 11.3 Å². The second-order valence-corrected chi connectivity index (χ2v) is 3.20. The van der Waals surface area contributed by atoms with Gasteiger partial charge in [-0.1, -0.05) is 13.5 Å². The molecule has 0 unspecified atom stereocenters. The fourth-order valence-electron chi connectivity index (χ4n) is 0.649. The highest BCUT2D eigenvalue weighted by molar-refractivity contribution is 7.07. The third-order valence-electron chi connectivity index (χ3n) is 1.42. The van der Waals surface area contributed by atoms with Crippen molar-refractivity contribution < 1.29 is 0 Å². The third kappa shape index (κ3) is 2.05. The third-order valence-corrected chi connectivity index (χ3v) is 2.27. The van der Waals surface area contributed by atoms with E-state index in [1.165, 1.54) is 0 Å². The molecule has 2 nitrogen and oxygen atoms in total. The molecule has 0 aliphatic rings. The Labute approximate surface area is 70.5 Å². The second kappa shape index (κ2) is 3.53. The molecule has 0 radical (unpaired) electrons. The van der Waals surface area contributed by atoms with Crippen LogP contribution >= 0.6 is 11.3 Å². The van der Waals surface area contributed by atoms with Crippen molar-refractivity contribution in [1.29, 1.82) is 0 Å². The van der Waals surface area contributed by atoms with Gasteiger partial charge in [-0.2, -0.15) is 0 Å². The van der Waals surface area contributed by atoms with E-state index >= 15 is 0 Å². The minimum absolute atomic E-state index is 0.915. The van der Waals surface area contributed by atoms with Crippen LogP contribution in [0.15, 0.2) is 28.8 Å². The summed E-state index contributed by atoms with van der Waals surface area (Å²) in [6.07, 6.45) is 2.91. The maximum Gasteiger partial charge on any atom is 0.189 e. The lowest BCUT2D eigenvalue weighted by atomic mass is 10.4. The first-order valence-corrected chi connectivity index (χ1v) is 4.44. The molecular formula is C8H12N2S. The molecule has 3 heteroatoms. The predicted octanol–water partition coefficient (Wildman–Crippen LogP) is 1.91. The van der Waals surface area contributed by atoms with Crippen LogP contribution in [-0.2, 0) is 7.05 Å². The summed E-state index contributed by atoms with van der Waals surface area (Å²) >= 11 is 1.63. The number of rotatable bonds is 2. The molecule has 0 fully saturated rings. The van der Waals surface area contributed by atoms with Crippen LogP contribution in [0.2, 0.25) is 0 Å². The molecule has 1 aromatic rings. The molecule has 0 N–H and O–H groups in total. The van der Waals surface area contributed by atoms with Crippen molar-refractivity contribution in [1.82, 2.24) is 4.57 Å². The first kappa shape index (κ1) is 8.27. The van der Waals surface area contributed by atoms with Crippen molar-refractivity contribution in [2.24, 2.45) is 12.0 Å². The summed E-state index contributed by atoms with van der Waals surface area (Å²) in [7, 11) is 1.98. The van der Waals surface area contributed by atoms with Gasteiger partial charge in [-0.15, -0.1) is 11.3 Å². The SMILES string of the molecule is C=C(CC)N=c1sccn1C. The first-order chi connectivity index (χ1) is 5.24. The van der Waals surface area contributed by atoms with Gasteiger partial charge >= 0.3 is 0 Å². The lowest BCUT2D eigenvalue weighted by Crippen LogP contribution is -2.08. The molecule has 0 amide bonds. The van der Waals surface area contributed by atoms with E-state index in [-0.39, 0.29) is 0 Å². The fraction of sp³-hybridized carbons (Fsp3) is 0.375. The minimum Gasteiger partial charge on any atom is -0.327 e. The molecule has 0 saturated carbocycles. The van der Waals surface area contributed by atoms with Gasteiger partial charge in [0, 0.05) is 24.3 Å². The Kier molecular flexibility index (Phi) is 2.65. The number of hydrogen-bond acceptors (Lipinski definition) is 2. The van der Waals surface area contributed by atoms with E-state index in [4.69, 9.17) is 0 Å². The molecule has 0 saturated heterocycles. The molecule has 11 heavy (non-hydrogen) atoms. The highest BCUT2D eigenvalue weighted by Crippen LogP contribution is 1.96. The van der Waals surface area contributed by atoms with E-state index in [0.29, 0.717) is 0 Å². The van der Waals surface area contributed by atoms with Crippen LogP contribution in [0.3, 0.4) is 0 Å². The average molecular weight is 168 g/mol. The van der Waals surface area contributed by atoms with Gasteiger partial charge in [-0.05, 0) is 6.42 Å². The first-order valence-electron chi connectivity index (χ1n) is 3.56. The van der Waals surface area contributed by atoms with Crippen molar-refractivity contribution in [2.45, 2.75) is 13.3 Å². The van der Waals surface area contributed by atoms with Crippen molar-refractivity contribution in [3.05, 3.63) is 28.7 Å². The molecule has 0 aliphatic heterocycles. The second-order valence-electron chi connectivity index (χ2n) is 2.33. The molecule has 0 aromatic carbocycles. The summed E-state index contributed by atoms with van der Waals surface area (Å²) in [6.45, 7) is 5.87. The Morgan fingerprint density at radius 1 is 1.82 bits per heavy atom. The van der Waals surface area contributed by atoms with Gasteiger partial charge < -0.3 is 4.57 Å². The standard InChI is InChI=1S/C8H12N2S/c1-4-7(2)9-8-10(3)5-6-11-8/h5-6H,2,4H2,1,3H3. The minimum atomic E-state index is 0.915. The predicted molar refractivity (Wildman–Crippen MR) is 48.3 cm³/mol. The molecule has 1 heterocycles. The normalized spacial score (nSPS) is 12.0. The number of aryl methyl sites for hydroxylation is 1. The summed E-state index contributed by atoms with van der Waals surface area (Å²) in [5.74, 6) is 0. The Bertz CT molecular complexity index is 306. The van der Waals surface area contributed by atoms with Gasteiger partial charge in [0.15, 0.2) is 4.80 Å². The molecule has 0 atom stereocenters. The van der Waals surface area contributed by atoms with Crippen LogP contribution in [0.5, 0.6) is 0 Å². The number of allylic oxidation sites excluding steroid dienone is 1. The molecule has 60 valence electrons. The Morgan fingerprint density at radius 2 is 2.55 bits per heavy atom. The van der Waals surface area contributed by atoms with Crippen LogP contribution in [0.4, 0.5) is 0 Å². The molecular weight excluding hydrogens is 156 g/mol. The zero-order valence-corrected chi connectivity index (χ0v) is 7.69. The average Bonchev–Trinajstić information content (AvgIpc) is 2.37. The van der Waals surface area contributed by atoms with Crippen LogP contribution < -0.4 is 4.80 Å². The number of nitrogens with zero attached hydrogens (tertiary/aromatic N) is 2. The maximum absolute atomic E-state index is 4.32. The van der Waals surface area contributed by atoms with E-state index in [1.807, 2.05) is 23.2 Å². The quantitative estimate of drug-likeness (QED) is 0.642. The lowest BCUT2D eigenvalue weighted by Gasteiger charge is -1.91. The van der Waals surface area contributed by atoms with E-state index in [1.54, 1.807) is 11.3 Å². The van der Waals surface area contributed by atoms with Crippen molar-refractivity contribution in [2.75, 3.05) is 0 Å². The summed E-state index contributed by atoms with van der Waals surface area (Å²) in [5.41, 5.74) is 0.933. The summed E-state index contributed by atoms with van der Waals surface area (Å²) in [4.78, 5) is 5.34. The highest BCUT2D eigenvalue weighted by atomic mass is 32.1. The molecule has 1 aromatic heterocycles. The van der Waals surface area contributed by atoms with Crippen LogP contribution in [0.25, 0.3) is 0 Å². The molecule has 0 bridgehead atoms. The van der Waals surface area contributed by atoms with Gasteiger partial charge in [0.2, 0.25) is 0 Å². The largest absolute Gasteiger partial charge is 0.327 e. The summed E-state index contributed by atoms with van der Waals surface area (Å²) in [5, 5.41) is 2.02. The summed E-state index contributed by atoms with van der Waals surface area (Å²) in [6, 6.07) is 0. The molecule has 0 spiro atoms. The van der Waals surface area contributed by atoms with Gasteiger partial charge in [0.05, 0.1) is 0 Å². The van der Waals surface area contributed by atoms with Gasteiger partial charge in [0.1, 0.15) is 0 Å². The van der Waals surface area contributed by atoms with E-state index in [0.717, 1.165) is 16.9 Å². The number of hydrogen-bond donors (Lipinski definition) is 0. The van der Waals surface area contributed by atoms with E-state index in [9.17, 15) is 0 Å². The number of aromatic nitrogens is 1. The number of thiazole rings is 1. The summed E-state index contributed by atoms with van der Waals surface area (Å²) < 4.78 is 1.99. The van der Waals surface area contributed by atoms with Crippen molar-refractivity contribution in [3.63, 3.8) is 0 Å². The smallest absolute Gasteiger partial charge is 0.189 e. The fourth-order valence-corrected chi connectivity index (χ4v) is 1.42. The Hall–Kier alpha value is -0.830. The van der Waals surface area contributed by atoms with Gasteiger partial charge in [-0.25, -0.2) is 4.99 Å². The lowest BCUT2D eigenvalue weighted by molar-refractivity contribution is 0.858. The van der Waals surface area contributed by atoms with Crippen LogP contribution in [0, 0.1) is 0 Å². The molecule has 0 aliphatic carbocycles. The van der Waals surface area contributed by atoms with Gasteiger partial charge in [-0.3, -0.25) is 0 Å². The zero-order chi connectivity index (χ0) is 8.27. The van der Waals surface area contributed by atoms with Crippen molar-refractivity contribution in [3.8, 4) is 0 Å². The van der Waals surface area contributed by atoms with E-state index in [2.05, 4.69) is 18.5 Å². The van der Waals surface area contributed by atoms with E-state index < -0.39 is 0 Å². The van der Waals surface area contributed by atoms with Crippen LogP contribution in [0.1, 0.15) is 13.3 Å². The van der Waals surface area contributed by atoms with Gasteiger partial charge in [0.25, 0.3) is 0 Å². The monoisotopic (exact) mass is 168 g/mol. The Balaban J connectivity index is 3.00. The molecule has 1 rings (SSSR count). The van der Waals surface area contributed by atoms with Crippen LogP contribution in [-0.4, -0.2) is 4.57 Å². The highest BCUT2D eigenvalue weighted by Gasteiger charge is 1.88. The topological polar surface area (TPSA) is 17.3 Å². The zero-order valence-electron chi connectivity index (χ0n) is 6.87. The maximum atomic E-state index is 4.32. The Morgan fingerprint density at radius 3 is 3.00 bits per heavy atom.